The minimum atomic E-state index is -0.450. The first kappa shape index (κ1) is 14.6. The molecule has 6 heteroatoms. The first-order chi connectivity index (χ1) is 11.8. The van der Waals surface area contributed by atoms with Gasteiger partial charge < -0.3 is 4.90 Å². The lowest BCUT2D eigenvalue weighted by Crippen LogP contribution is -2.37. The Kier molecular flexibility index (Phi) is 3.78. The number of anilines is 1. The van der Waals surface area contributed by atoms with Gasteiger partial charge in [0.15, 0.2) is 0 Å². The zero-order valence-corrected chi connectivity index (χ0v) is 13.1. The zero-order chi connectivity index (χ0) is 16.4. The summed E-state index contributed by atoms with van der Waals surface area (Å²) in [5.41, 5.74) is 3.29. The van der Waals surface area contributed by atoms with Crippen LogP contribution < -0.4 is 4.90 Å². The SMILES string of the molecule is O=C(C(Cc1ccccc1)n1cnnn1)N1CCc2ccccc21. The largest absolute Gasteiger partial charge is 0.310 e. The van der Waals surface area contributed by atoms with Crippen molar-refractivity contribution in [1.82, 2.24) is 20.2 Å². The molecule has 1 aliphatic heterocycles. The first-order valence-corrected chi connectivity index (χ1v) is 7.98. The highest BCUT2D eigenvalue weighted by Crippen LogP contribution is 2.30. The minimum absolute atomic E-state index is 0.0242. The molecular formula is C18H17N5O. The maximum absolute atomic E-state index is 13.2. The van der Waals surface area contributed by atoms with Gasteiger partial charge in [-0.25, -0.2) is 4.68 Å². The van der Waals surface area contributed by atoms with Crippen LogP contribution in [0, 0.1) is 0 Å². The molecule has 3 aromatic rings. The van der Waals surface area contributed by atoms with Gasteiger partial charge in [-0.3, -0.25) is 4.79 Å². The molecular weight excluding hydrogens is 302 g/mol. The Balaban J connectivity index is 1.65. The molecule has 24 heavy (non-hydrogen) atoms. The second-order valence-electron chi connectivity index (χ2n) is 5.86. The van der Waals surface area contributed by atoms with E-state index in [2.05, 4.69) is 21.6 Å². The summed E-state index contributed by atoms with van der Waals surface area (Å²) in [4.78, 5) is 15.1. The normalized spacial score (nSPS) is 14.4. The average Bonchev–Trinajstić information content (AvgIpc) is 3.30. The predicted molar refractivity (Wildman–Crippen MR) is 89.5 cm³/mol. The summed E-state index contributed by atoms with van der Waals surface area (Å²) >= 11 is 0. The van der Waals surface area contributed by atoms with Crippen LogP contribution >= 0.6 is 0 Å². The van der Waals surface area contributed by atoms with Crippen molar-refractivity contribution in [3.05, 3.63) is 72.1 Å². The lowest BCUT2D eigenvalue weighted by molar-refractivity contribution is -0.122. The molecule has 2 heterocycles. The molecule has 2 aromatic carbocycles. The van der Waals surface area contributed by atoms with E-state index < -0.39 is 6.04 Å². The van der Waals surface area contributed by atoms with Crippen LogP contribution in [-0.2, 0) is 17.6 Å². The summed E-state index contributed by atoms with van der Waals surface area (Å²) in [6.07, 6.45) is 2.95. The smallest absolute Gasteiger partial charge is 0.252 e. The fraction of sp³-hybridized carbons (Fsp3) is 0.222. The number of fused-ring (bicyclic) bond motifs is 1. The van der Waals surface area contributed by atoms with Crippen molar-refractivity contribution >= 4 is 11.6 Å². The van der Waals surface area contributed by atoms with Gasteiger partial charge in [-0.05, 0) is 34.0 Å². The molecule has 0 fully saturated rings. The van der Waals surface area contributed by atoms with Gasteiger partial charge in [0, 0.05) is 18.7 Å². The number of benzene rings is 2. The van der Waals surface area contributed by atoms with Gasteiger partial charge in [0.1, 0.15) is 12.4 Å². The van der Waals surface area contributed by atoms with Crippen molar-refractivity contribution in [3.63, 3.8) is 0 Å². The van der Waals surface area contributed by atoms with Crippen LogP contribution in [0.3, 0.4) is 0 Å². The van der Waals surface area contributed by atoms with E-state index >= 15 is 0 Å². The molecule has 1 amide bonds. The number of rotatable bonds is 4. The number of tetrazole rings is 1. The number of amides is 1. The molecule has 0 saturated carbocycles. The van der Waals surface area contributed by atoms with Crippen molar-refractivity contribution in [1.29, 1.82) is 0 Å². The second-order valence-corrected chi connectivity index (χ2v) is 5.86. The highest BCUT2D eigenvalue weighted by molar-refractivity contribution is 5.98. The van der Waals surface area contributed by atoms with Crippen molar-refractivity contribution in [2.24, 2.45) is 0 Å². The number of hydrogen-bond acceptors (Lipinski definition) is 4. The molecule has 1 aromatic heterocycles. The number of carbonyl (C=O) groups is 1. The Morgan fingerprint density at radius 2 is 1.88 bits per heavy atom. The van der Waals surface area contributed by atoms with Crippen molar-refractivity contribution in [2.45, 2.75) is 18.9 Å². The topological polar surface area (TPSA) is 63.9 Å². The molecule has 1 unspecified atom stereocenters. The van der Waals surface area contributed by atoms with E-state index in [0.717, 1.165) is 17.7 Å². The third kappa shape index (κ3) is 2.67. The molecule has 0 saturated heterocycles. The van der Waals surface area contributed by atoms with E-state index in [1.165, 1.54) is 11.9 Å². The molecule has 0 bridgehead atoms. The zero-order valence-electron chi connectivity index (χ0n) is 13.1. The third-order valence-electron chi connectivity index (χ3n) is 4.39. The molecule has 4 rings (SSSR count). The summed E-state index contributed by atoms with van der Waals surface area (Å²) in [7, 11) is 0. The lowest BCUT2D eigenvalue weighted by atomic mass is 10.0. The maximum Gasteiger partial charge on any atom is 0.252 e. The van der Waals surface area contributed by atoms with Crippen molar-refractivity contribution in [3.8, 4) is 0 Å². The highest BCUT2D eigenvalue weighted by atomic mass is 16.2. The Morgan fingerprint density at radius 1 is 1.08 bits per heavy atom. The fourth-order valence-corrected chi connectivity index (χ4v) is 3.19. The number of carbonyl (C=O) groups excluding carboxylic acids is 1. The summed E-state index contributed by atoms with van der Waals surface area (Å²) in [6, 6.07) is 17.5. The van der Waals surface area contributed by atoms with Gasteiger partial charge in [0.2, 0.25) is 0 Å². The van der Waals surface area contributed by atoms with E-state index in [-0.39, 0.29) is 5.91 Å². The molecule has 1 aliphatic rings. The van der Waals surface area contributed by atoms with Gasteiger partial charge >= 0.3 is 0 Å². The van der Waals surface area contributed by atoms with Crippen LogP contribution in [0.5, 0.6) is 0 Å². The summed E-state index contributed by atoms with van der Waals surface area (Å²) < 4.78 is 1.55. The van der Waals surface area contributed by atoms with Gasteiger partial charge in [-0.15, -0.1) is 5.10 Å². The Morgan fingerprint density at radius 3 is 2.67 bits per heavy atom. The van der Waals surface area contributed by atoms with Gasteiger partial charge in [0.25, 0.3) is 5.91 Å². The monoisotopic (exact) mass is 319 g/mol. The Hall–Kier alpha value is -3.02. The van der Waals surface area contributed by atoms with Gasteiger partial charge in [-0.2, -0.15) is 0 Å². The van der Waals surface area contributed by atoms with Crippen molar-refractivity contribution in [2.75, 3.05) is 11.4 Å². The fourth-order valence-electron chi connectivity index (χ4n) is 3.19. The second kappa shape index (κ2) is 6.23. The predicted octanol–water partition coefficient (Wildman–Crippen LogP) is 2.05. The van der Waals surface area contributed by atoms with E-state index in [4.69, 9.17) is 0 Å². The average molecular weight is 319 g/mol. The van der Waals surface area contributed by atoms with Crippen LogP contribution in [0.15, 0.2) is 60.9 Å². The van der Waals surface area contributed by atoms with Crippen LogP contribution in [0.25, 0.3) is 0 Å². The third-order valence-corrected chi connectivity index (χ3v) is 4.39. The summed E-state index contributed by atoms with van der Waals surface area (Å²) in [6.45, 7) is 0.700. The molecule has 0 spiro atoms. The van der Waals surface area contributed by atoms with Crippen LogP contribution in [-0.4, -0.2) is 32.7 Å². The molecule has 0 radical (unpaired) electrons. The van der Waals surface area contributed by atoms with Gasteiger partial charge in [-0.1, -0.05) is 48.5 Å². The number of para-hydroxylation sites is 1. The first-order valence-electron chi connectivity index (χ1n) is 7.98. The number of aromatic nitrogens is 4. The molecule has 0 N–H and O–H groups in total. The van der Waals surface area contributed by atoms with Gasteiger partial charge in [0.05, 0.1) is 0 Å². The van der Waals surface area contributed by atoms with E-state index in [1.54, 1.807) is 4.68 Å². The quantitative estimate of drug-likeness (QED) is 0.738. The maximum atomic E-state index is 13.2. The van der Waals surface area contributed by atoms with E-state index in [9.17, 15) is 4.79 Å². The Bertz CT molecular complexity index is 832. The standard InChI is InChI=1S/C18H17N5O/c24-18(22-11-10-15-8-4-5-9-16(15)22)17(23-13-19-20-21-23)12-14-6-2-1-3-7-14/h1-9,13,17H,10-12H2. The molecule has 0 aliphatic carbocycles. The minimum Gasteiger partial charge on any atom is -0.310 e. The lowest BCUT2D eigenvalue weighted by Gasteiger charge is -2.23. The summed E-state index contributed by atoms with van der Waals surface area (Å²) in [5.74, 6) is 0.0242. The molecule has 1 atom stereocenters. The number of hydrogen-bond donors (Lipinski definition) is 0. The van der Waals surface area contributed by atoms with E-state index in [0.29, 0.717) is 13.0 Å². The van der Waals surface area contributed by atoms with E-state index in [1.807, 2.05) is 53.4 Å². The molecule has 120 valence electrons. The van der Waals surface area contributed by atoms with Crippen LogP contribution in [0.2, 0.25) is 0 Å². The van der Waals surface area contributed by atoms with Crippen LogP contribution in [0.1, 0.15) is 17.2 Å². The highest BCUT2D eigenvalue weighted by Gasteiger charge is 2.31. The van der Waals surface area contributed by atoms with Crippen LogP contribution in [0.4, 0.5) is 5.69 Å². The number of nitrogens with zero attached hydrogens (tertiary/aromatic N) is 5. The van der Waals surface area contributed by atoms with Crippen molar-refractivity contribution < 1.29 is 4.79 Å². The summed E-state index contributed by atoms with van der Waals surface area (Å²) in [5, 5.41) is 11.4. The molecule has 6 nitrogen and oxygen atoms in total. The Labute approximate surface area is 139 Å².